The molecule has 0 aliphatic rings. The predicted octanol–water partition coefficient (Wildman–Crippen LogP) is 1.84. The van der Waals surface area contributed by atoms with Crippen LogP contribution in [0.2, 0.25) is 0 Å². The zero-order chi connectivity index (χ0) is 16.2. The van der Waals surface area contributed by atoms with Crippen LogP contribution in [-0.2, 0) is 6.54 Å². The normalized spacial score (nSPS) is 10.5. The molecule has 0 aliphatic carbocycles. The molecule has 0 unspecified atom stereocenters. The van der Waals surface area contributed by atoms with E-state index in [2.05, 4.69) is 25.6 Å². The van der Waals surface area contributed by atoms with Gasteiger partial charge in [0.25, 0.3) is 5.91 Å². The number of hydrogen-bond acceptors (Lipinski definition) is 5. The predicted molar refractivity (Wildman–Crippen MR) is 84.4 cm³/mol. The van der Waals surface area contributed by atoms with Gasteiger partial charge in [0.05, 0.1) is 0 Å². The van der Waals surface area contributed by atoms with E-state index in [9.17, 15) is 4.79 Å². The molecule has 0 radical (unpaired) electrons. The van der Waals surface area contributed by atoms with Crippen molar-refractivity contribution in [1.29, 1.82) is 0 Å². The van der Waals surface area contributed by atoms with Crippen molar-refractivity contribution >= 4 is 5.91 Å². The number of tetrazole rings is 1. The molecule has 1 aromatic carbocycles. The summed E-state index contributed by atoms with van der Waals surface area (Å²) in [4.78, 5) is 18.3. The zero-order valence-corrected chi connectivity index (χ0v) is 12.9. The fourth-order valence-electron chi connectivity index (χ4n) is 2.30. The Kier molecular flexibility index (Phi) is 4.09. The Morgan fingerprint density at radius 1 is 1.22 bits per heavy atom. The molecule has 3 rings (SSSR count). The minimum absolute atomic E-state index is 0.112. The number of carbonyl (C=O) groups is 1. The van der Waals surface area contributed by atoms with Crippen molar-refractivity contribution < 1.29 is 4.79 Å². The summed E-state index contributed by atoms with van der Waals surface area (Å²) in [6.07, 6.45) is 0. The van der Waals surface area contributed by atoms with Gasteiger partial charge in [-0.1, -0.05) is 24.3 Å². The lowest BCUT2D eigenvalue weighted by molar-refractivity contribution is 0.0779. The maximum absolute atomic E-state index is 12.4. The molecule has 7 nitrogen and oxygen atoms in total. The van der Waals surface area contributed by atoms with Crippen molar-refractivity contribution in [3.8, 4) is 11.4 Å². The summed E-state index contributed by atoms with van der Waals surface area (Å²) in [7, 11) is 1.76. The van der Waals surface area contributed by atoms with E-state index in [1.165, 1.54) is 0 Å². The van der Waals surface area contributed by atoms with Gasteiger partial charge >= 0.3 is 0 Å². The molecule has 0 atom stereocenters. The second-order valence-corrected chi connectivity index (χ2v) is 5.26. The summed E-state index contributed by atoms with van der Waals surface area (Å²) in [5.41, 5.74) is 3.10. The number of amides is 1. The number of carbonyl (C=O) groups excluding carboxylic acids is 1. The molecule has 2 heterocycles. The van der Waals surface area contributed by atoms with E-state index in [4.69, 9.17) is 0 Å². The SMILES string of the molecule is Cc1cccc(C(=O)N(C)Cc2cccc(-c3nn[nH]n3)c2)n1. The second kappa shape index (κ2) is 6.35. The van der Waals surface area contributed by atoms with Crippen molar-refractivity contribution in [2.75, 3.05) is 7.05 Å². The molecule has 116 valence electrons. The fourth-order valence-corrected chi connectivity index (χ4v) is 2.30. The lowest BCUT2D eigenvalue weighted by Crippen LogP contribution is -2.27. The van der Waals surface area contributed by atoms with Crippen LogP contribution in [0, 0.1) is 6.92 Å². The number of H-pyrrole nitrogens is 1. The van der Waals surface area contributed by atoms with E-state index in [0.717, 1.165) is 16.8 Å². The standard InChI is InChI=1S/C16H16N6O/c1-11-5-3-8-14(17-11)16(23)22(2)10-12-6-4-7-13(9-12)15-18-20-21-19-15/h3-9H,10H2,1-2H3,(H,18,19,20,21). The van der Waals surface area contributed by atoms with E-state index in [1.807, 2.05) is 43.3 Å². The van der Waals surface area contributed by atoms with Crippen LogP contribution < -0.4 is 0 Å². The van der Waals surface area contributed by atoms with Crippen LogP contribution >= 0.6 is 0 Å². The molecule has 1 N–H and O–H groups in total. The number of aryl methyl sites for hydroxylation is 1. The molecule has 23 heavy (non-hydrogen) atoms. The van der Waals surface area contributed by atoms with E-state index in [-0.39, 0.29) is 5.91 Å². The van der Waals surface area contributed by atoms with Gasteiger partial charge in [0.2, 0.25) is 5.82 Å². The van der Waals surface area contributed by atoms with Crippen LogP contribution in [0.5, 0.6) is 0 Å². The minimum Gasteiger partial charge on any atom is -0.336 e. The number of nitrogens with one attached hydrogen (secondary N) is 1. The minimum atomic E-state index is -0.112. The molecular formula is C16H16N6O. The highest BCUT2D eigenvalue weighted by molar-refractivity contribution is 5.92. The maximum atomic E-state index is 12.4. The highest BCUT2D eigenvalue weighted by atomic mass is 16.2. The van der Waals surface area contributed by atoms with E-state index in [1.54, 1.807) is 18.0 Å². The fraction of sp³-hybridized carbons (Fsp3) is 0.188. The summed E-state index contributed by atoms with van der Waals surface area (Å²) in [5.74, 6) is 0.417. The smallest absolute Gasteiger partial charge is 0.272 e. The van der Waals surface area contributed by atoms with Crippen molar-refractivity contribution in [2.24, 2.45) is 0 Å². The molecular weight excluding hydrogens is 292 g/mol. The quantitative estimate of drug-likeness (QED) is 0.794. The Morgan fingerprint density at radius 2 is 2.04 bits per heavy atom. The highest BCUT2D eigenvalue weighted by Crippen LogP contribution is 2.16. The lowest BCUT2D eigenvalue weighted by atomic mass is 10.1. The van der Waals surface area contributed by atoms with E-state index >= 15 is 0 Å². The van der Waals surface area contributed by atoms with Crippen LogP contribution in [0.15, 0.2) is 42.5 Å². The third kappa shape index (κ3) is 3.39. The van der Waals surface area contributed by atoms with Gasteiger partial charge in [0.15, 0.2) is 0 Å². The van der Waals surface area contributed by atoms with Gasteiger partial charge in [-0.3, -0.25) is 4.79 Å². The molecule has 0 bridgehead atoms. The molecule has 7 heteroatoms. The van der Waals surface area contributed by atoms with Gasteiger partial charge in [0.1, 0.15) is 5.69 Å². The number of nitrogens with zero attached hydrogens (tertiary/aromatic N) is 5. The average Bonchev–Trinajstić information content (AvgIpc) is 3.09. The van der Waals surface area contributed by atoms with Crippen molar-refractivity contribution in [2.45, 2.75) is 13.5 Å². The van der Waals surface area contributed by atoms with E-state index in [0.29, 0.717) is 18.1 Å². The Morgan fingerprint density at radius 3 is 2.78 bits per heavy atom. The summed E-state index contributed by atoms with van der Waals surface area (Å²) in [6.45, 7) is 2.34. The van der Waals surface area contributed by atoms with Crippen molar-refractivity contribution in [3.05, 3.63) is 59.4 Å². The molecule has 3 aromatic rings. The van der Waals surface area contributed by atoms with Crippen molar-refractivity contribution in [1.82, 2.24) is 30.5 Å². The van der Waals surface area contributed by atoms with Crippen LogP contribution in [0.3, 0.4) is 0 Å². The zero-order valence-electron chi connectivity index (χ0n) is 12.9. The number of aromatic amines is 1. The van der Waals surface area contributed by atoms with Crippen molar-refractivity contribution in [3.63, 3.8) is 0 Å². The number of hydrogen-bond donors (Lipinski definition) is 1. The molecule has 2 aromatic heterocycles. The summed E-state index contributed by atoms with van der Waals surface area (Å²) in [6, 6.07) is 13.1. The number of rotatable bonds is 4. The molecule has 0 aliphatic heterocycles. The molecule has 0 saturated carbocycles. The number of aromatic nitrogens is 5. The topological polar surface area (TPSA) is 87.7 Å². The summed E-state index contributed by atoms with van der Waals surface area (Å²) >= 11 is 0. The Bertz CT molecular complexity index is 815. The van der Waals surface area contributed by atoms with Gasteiger partial charge in [-0.15, -0.1) is 10.2 Å². The lowest BCUT2D eigenvalue weighted by Gasteiger charge is -2.17. The molecule has 0 saturated heterocycles. The summed E-state index contributed by atoms with van der Waals surface area (Å²) in [5, 5.41) is 13.9. The molecule has 0 fully saturated rings. The number of benzene rings is 1. The van der Waals surface area contributed by atoms with Gasteiger partial charge in [0, 0.05) is 24.8 Å². The van der Waals surface area contributed by atoms with Gasteiger partial charge in [-0.25, -0.2) is 4.98 Å². The van der Waals surface area contributed by atoms with Crippen LogP contribution in [0.4, 0.5) is 0 Å². The van der Waals surface area contributed by atoms with Crippen LogP contribution in [0.25, 0.3) is 11.4 Å². The van der Waals surface area contributed by atoms with Gasteiger partial charge in [-0.2, -0.15) is 5.21 Å². The van der Waals surface area contributed by atoms with Gasteiger partial charge < -0.3 is 4.90 Å². The van der Waals surface area contributed by atoms with Crippen LogP contribution in [0.1, 0.15) is 21.7 Å². The Hall–Kier alpha value is -3.09. The third-order valence-electron chi connectivity index (χ3n) is 3.40. The Balaban J connectivity index is 1.76. The first-order valence-corrected chi connectivity index (χ1v) is 7.15. The first-order valence-electron chi connectivity index (χ1n) is 7.15. The first-order chi connectivity index (χ1) is 11.1. The number of pyridine rings is 1. The third-order valence-corrected chi connectivity index (χ3v) is 3.40. The first kappa shape index (κ1) is 14.8. The molecule has 0 spiro atoms. The van der Waals surface area contributed by atoms with Gasteiger partial charge in [-0.05, 0) is 35.9 Å². The van der Waals surface area contributed by atoms with Crippen LogP contribution in [-0.4, -0.2) is 43.5 Å². The second-order valence-electron chi connectivity index (χ2n) is 5.26. The monoisotopic (exact) mass is 308 g/mol. The largest absolute Gasteiger partial charge is 0.336 e. The molecule has 1 amide bonds. The highest BCUT2D eigenvalue weighted by Gasteiger charge is 2.14. The average molecular weight is 308 g/mol. The summed E-state index contributed by atoms with van der Waals surface area (Å²) < 4.78 is 0. The van der Waals surface area contributed by atoms with E-state index < -0.39 is 0 Å². The Labute approximate surface area is 133 Å². The maximum Gasteiger partial charge on any atom is 0.272 e.